The van der Waals surface area contributed by atoms with Crippen molar-refractivity contribution in [2.75, 3.05) is 13.2 Å². The molecule has 0 saturated carbocycles. The second-order valence-corrected chi connectivity index (χ2v) is 3.98. The van der Waals surface area contributed by atoms with E-state index < -0.39 is 0 Å². The minimum absolute atomic E-state index is 0.206. The van der Waals surface area contributed by atoms with Crippen molar-refractivity contribution >= 4 is 0 Å². The maximum atomic E-state index is 9.79. The SMILES string of the molecule is CCOC(C)CNCc1cccc(C)c1O. The van der Waals surface area contributed by atoms with Gasteiger partial charge in [-0.3, -0.25) is 0 Å². The molecule has 0 saturated heterocycles. The summed E-state index contributed by atoms with van der Waals surface area (Å²) in [4.78, 5) is 0. The first-order valence-electron chi connectivity index (χ1n) is 5.75. The van der Waals surface area contributed by atoms with Gasteiger partial charge in [0.2, 0.25) is 0 Å². The molecule has 0 aromatic heterocycles. The van der Waals surface area contributed by atoms with Gasteiger partial charge in [0.25, 0.3) is 0 Å². The van der Waals surface area contributed by atoms with E-state index in [1.54, 1.807) is 0 Å². The summed E-state index contributed by atoms with van der Waals surface area (Å²) in [6.07, 6.45) is 0.206. The van der Waals surface area contributed by atoms with Crippen LogP contribution in [0.2, 0.25) is 0 Å². The third-order valence-electron chi connectivity index (χ3n) is 2.52. The molecule has 0 radical (unpaired) electrons. The summed E-state index contributed by atoms with van der Waals surface area (Å²) >= 11 is 0. The Morgan fingerprint density at radius 3 is 2.88 bits per heavy atom. The van der Waals surface area contributed by atoms with E-state index >= 15 is 0 Å². The standard InChI is InChI=1S/C13H21NO2/c1-4-16-11(3)8-14-9-12-7-5-6-10(2)13(12)15/h5-7,11,14-15H,4,8-9H2,1-3H3. The number of aryl methyl sites for hydroxylation is 1. The largest absolute Gasteiger partial charge is 0.507 e. The molecule has 0 aliphatic carbocycles. The lowest BCUT2D eigenvalue weighted by molar-refractivity contribution is 0.0759. The summed E-state index contributed by atoms with van der Waals surface area (Å²) < 4.78 is 5.41. The number of phenols is 1. The van der Waals surface area contributed by atoms with Crippen LogP contribution in [-0.2, 0) is 11.3 Å². The van der Waals surface area contributed by atoms with Crippen molar-refractivity contribution < 1.29 is 9.84 Å². The normalized spacial score (nSPS) is 12.7. The topological polar surface area (TPSA) is 41.5 Å². The molecule has 1 aromatic rings. The maximum Gasteiger partial charge on any atom is 0.122 e. The zero-order valence-electron chi connectivity index (χ0n) is 10.3. The van der Waals surface area contributed by atoms with Crippen LogP contribution in [0, 0.1) is 6.92 Å². The molecule has 16 heavy (non-hydrogen) atoms. The van der Waals surface area contributed by atoms with Gasteiger partial charge in [-0.2, -0.15) is 0 Å². The summed E-state index contributed by atoms with van der Waals surface area (Å²) in [6, 6.07) is 5.79. The minimum Gasteiger partial charge on any atom is -0.507 e. The monoisotopic (exact) mass is 223 g/mol. The highest BCUT2D eigenvalue weighted by Crippen LogP contribution is 2.20. The number of benzene rings is 1. The van der Waals surface area contributed by atoms with E-state index in [0.717, 1.165) is 24.3 Å². The Kier molecular flexibility index (Phi) is 5.29. The molecule has 1 rings (SSSR count). The Balaban J connectivity index is 2.40. The molecule has 3 heteroatoms. The van der Waals surface area contributed by atoms with Gasteiger partial charge in [0.05, 0.1) is 6.10 Å². The van der Waals surface area contributed by atoms with E-state index in [9.17, 15) is 5.11 Å². The Morgan fingerprint density at radius 2 is 2.19 bits per heavy atom. The molecule has 3 nitrogen and oxygen atoms in total. The number of aromatic hydroxyl groups is 1. The first-order valence-corrected chi connectivity index (χ1v) is 5.75. The third-order valence-corrected chi connectivity index (χ3v) is 2.52. The van der Waals surface area contributed by atoms with E-state index in [4.69, 9.17) is 4.74 Å². The summed E-state index contributed by atoms with van der Waals surface area (Å²) in [5, 5.41) is 13.1. The van der Waals surface area contributed by atoms with Gasteiger partial charge in [-0.25, -0.2) is 0 Å². The number of hydrogen-bond acceptors (Lipinski definition) is 3. The molecular formula is C13H21NO2. The average molecular weight is 223 g/mol. The number of hydrogen-bond donors (Lipinski definition) is 2. The molecule has 1 aromatic carbocycles. The summed E-state index contributed by atoms with van der Waals surface area (Å²) in [5.74, 6) is 0.388. The van der Waals surface area contributed by atoms with Crippen molar-refractivity contribution in [3.05, 3.63) is 29.3 Å². The highest BCUT2D eigenvalue weighted by molar-refractivity contribution is 5.39. The van der Waals surface area contributed by atoms with Crippen molar-refractivity contribution in [3.63, 3.8) is 0 Å². The van der Waals surface area contributed by atoms with Crippen LogP contribution in [0.5, 0.6) is 5.75 Å². The Morgan fingerprint density at radius 1 is 1.44 bits per heavy atom. The minimum atomic E-state index is 0.206. The van der Waals surface area contributed by atoms with Gasteiger partial charge in [0.15, 0.2) is 0 Å². The first-order chi connectivity index (χ1) is 7.65. The zero-order valence-corrected chi connectivity index (χ0v) is 10.3. The third kappa shape index (κ3) is 3.83. The molecule has 1 atom stereocenters. The van der Waals surface area contributed by atoms with Gasteiger partial charge in [-0.1, -0.05) is 18.2 Å². The van der Waals surface area contributed by atoms with Crippen LogP contribution < -0.4 is 5.32 Å². The fraction of sp³-hybridized carbons (Fsp3) is 0.538. The highest BCUT2D eigenvalue weighted by Gasteiger charge is 2.04. The predicted octanol–water partition coefficient (Wildman–Crippen LogP) is 2.22. The molecule has 0 aliphatic rings. The van der Waals surface area contributed by atoms with Crippen LogP contribution in [0.4, 0.5) is 0 Å². The molecule has 1 unspecified atom stereocenters. The molecule has 0 fully saturated rings. The van der Waals surface area contributed by atoms with E-state index in [2.05, 4.69) is 5.32 Å². The number of phenolic OH excluding ortho intramolecular Hbond substituents is 1. The van der Waals surface area contributed by atoms with Gasteiger partial charge < -0.3 is 15.2 Å². The molecule has 2 N–H and O–H groups in total. The molecule has 0 amide bonds. The smallest absolute Gasteiger partial charge is 0.122 e. The zero-order chi connectivity index (χ0) is 12.0. The van der Waals surface area contributed by atoms with Crippen molar-refractivity contribution in [1.29, 1.82) is 0 Å². The fourth-order valence-electron chi connectivity index (χ4n) is 1.62. The second kappa shape index (κ2) is 6.51. The van der Waals surface area contributed by atoms with Crippen molar-refractivity contribution in [1.82, 2.24) is 5.32 Å². The van der Waals surface area contributed by atoms with Crippen LogP contribution in [0.1, 0.15) is 25.0 Å². The molecular weight excluding hydrogens is 202 g/mol. The molecule has 0 spiro atoms. The van der Waals surface area contributed by atoms with Crippen LogP contribution >= 0.6 is 0 Å². The quantitative estimate of drug-likeness (QED) is 0.777. The molecule has 0 heterocycles. The van der Waals surface area contributed by atoms with E-state index in [-0.39, 0.29) is 6.10 Å². The number of rotatable bonds is 6. The van der Waals surface area contributed by atoms with Crippen LogP contribution in [0.3, 0.4) is 0 Å². The fourth-order valence-corrected chi connectivity index (χ4v) is 1.62. The summed E-state index contributed by atoms with van der Waals surface area (Å²) in [7, 11) is 0. The van der Waals surface area contributed by atoms with Crippen LogP contribution in [0.25, 0.3) is 0 Å². The van der Waals surface area contributed by atoms with Gasteiger partial charge in [0, 0.05) is 25.3 Å². The predicted molar refractivity (Wildman–Crippen MR) is 65.6 cm³/mol. The van der Waals surface area contributed by atoms with Crippen molar-refractivity contribution in [2.45, 2.75) is 33.4 Å². The number of para-hydroxylation sites is 1. The first kappa shape index (κ1) is 13.0. The van der Waals surface area contributed by atoms with Crippen LogP contribution in [0.15, 0.2) is 18.2 Å². The second-order valence-electron chi connectivity index (χ2n) is 3.98. The lowest BCUT2D eigenvalue weighted by Crippen LogP contribution is -2.26. The van der Waals surface area contributed by atoms with Crippen molar-refractivity contribution in [2.24, 2.45) is 0 Å². The maximum absolute atomic E-state index is 9.79. The van der Waals surface area contributed by atoms with Gasteiger partial charge in [-0.05, 0) is 26.3 Å². The summed E-state index contributed by atoms with van der Waals surface area (Å²) in [5.41, 5.74) is 1.85. The Bertz CT molecular complexity index is 326. The summed E-state index contributed by atoms with van der Waals surface area (Å²) in [6.45, 7) is 8.13. The average Bonchev–Trinajstić information content (AvgIpc) is 2.25. The van der Waals surface area contributed by atoms with E-state index in [1.807, 2.05) is 39.0 Å². The van der Waals surface area contributed by atoms with E-state index in [0.29, 0.717) is 12.3 Å². The van der Waals surface area contributed by atoms with Gasteiger partial charge >= 0.3 is 0 Å². The Hall–Kier alpha value is -1.06. The lowest BCUT2D eigenvalue weighted by Gasteiger charge is -2.13. The number of ether oxygens (including phenoxy) is 1. The Labute approximate surface area is 97.4 Å². The van der Waals surface area contributed by atoms with Crippen LogP contribution in [-0.4, -0.2) is 24.4 Å². The molecule has 90 valence electrons. The molecule has 0 bridgehead atoms. The van der Waals surface area contributed by atoms with Gasteiger partial charge in [-0.15, -0.1) is 0 Å². The molecule has 0 aliphatic heterocycles. The highest BCUT2D eigenvalue weighted by atomic mass is 16.5. The van der Waals surface area contributed by atoms with Gasteiger partial charge in [0.1, 0.15) is 5.75 Å². The van der Waals surface area contributed by atoms with Crippen molar-refractivity contribution in [3.8, 4) is 5.75 Å². The van der Waals surface area contributed by atoms with E-state index in [1.165, 1.54) is 0 Å². The number of nitrogens with one attached hydrogen (secondary N) is 1. The lowest BCUT2D eigenvalue weighted by atomic mass is 10.1.